The largest absolute Gasteiger partial charge is 0.462 e. The van der Waals surface area contributed by atoms with Gasteiger partial charge in [0.1, 0.15) is 10.6 Å². The summed E-state index contributed by atoms with van der Waals surface area (Å²) in [5.41, 5.74) is 2.23. The average molecular weight is 448 g/mol. The third kappa shape index (κ3) is 4.12. The van der Waals surface area contributed by atoms with Gasteiger partial charge in [0.2, 0.25) is 0 Å². The highest BCUT2D eigenvalue weighted by molar-refractivity contribution is 9.10. The van der Waals surface area contributed by atoms with Crippen molar-refractivity contribution in [2.45, 2.75) is 20.4 Å². The van der Waals surface area contributed by atoms with Crippen molar-refractivity contribution < 1.29 is 14.3 Å². The lowest BCUT2D eigenvalue weighted by Crippen LogP contribution is -2.16. The van der Waals surface area contributed by atoms with Crippen LogP contribution in [-0.2, 0) is 11.3 Å². The number of amides is 1. The monoisotopic (exact) mass is 447 g/mol. The molecule has 0 aliphatic heterocycles. The number of thiophene rings is 1. The van der Waals surface area contributed by atoms with Gasteiger partial charge in [-0.05, 0) is 35.3 Å². The van der Waals surface area contributed by atoms with Gasteiger partial charge in [0, 0.05) is 23.7 Å². The molecule has 6 nitrogen and oxygen atoms in total. The number of rotatable bonds is 6. The number of nitrogens with one attached hydrogen (secondary N) is 1. The van der Waals surface area contributed by atoms with Crippen LogP contribution in [0.15, 0.2) is 46.4 Å². The van der Waals surface area contributed by atoms with Crippen molar-refractivity contribution in [3.63, 3.8) is 0 Å². The molecule has 0 aliphatic carbocycles. The van der Waals surface area contributed by atoms with E-state index in [1.807, 2.05) is 42.6 Å². The number of ether oxygens (including phenoxy) is 1. The lowest BCUT2D eigenvalue weighted by Gasteiger charge is -2.08. The topological polar surface area (TPSA) is 73.2 Å². The Bertz CT molecular complexity index is 966. The Morgan fingerprint density at radius 3 is 2.63 bits per heavy atom. The maximum Gasteiger partial charge on any atom is 0.341 e. The molecule has 0 unspecified atom stereocenters. The molecular formula is C19H18BrN3O3S. The fraction of sp³-hybridized carbons (Fsp3) is 0.211. The van der Waals surface area contributed by atoms with E-state index in [4.69, 9.17) is 4.74 Å². The van der Waals surface area contributed by atoms with Gasteiger partial charge in [-0.15, -0.1) is 11.3 Å². The summed E-state index contributed by atoms with van der Waals surface area (Å²) in [5.74, 6) is -0.854. The smallest absolute Gasteiger partial charge is 0.341 e. The van der Waals surface area contributed by atoms with Crippen LogP contribution in [0.2, 0.25) is 0 Å². The van der Waals surface area contributed by atoms with Crippen molar-refractivity contribution in [1.82, 2.24) is 9.78 Å². The fourth-order valence-corrected chi connectivity index (χ4v) is 4.01. The number of anilines is 1. The molecule has 0 spiro atoms. The first kappa shape index (κ1) is 19.3. The molecule has 3 aromatic rings. The summed E-state index contributed by atoms with van der Waals surface area (Å²) < 4.78 is 7.47. The minimum absolute atomic E-state index is 0.253. The lowest BCUT2D eigenvalue weighted by molar-refractivity contribution is 0.0529. The van der Waals surface area contributed by atoms with E-state index in [9.17, 15) is 9.59 Å². The predicted octanol–water partition coefficient (Wildman–Crippen LogP) is 4.82. The fourth-order valence-electron chi connectivity index (χ4n) is 2.56. The van der Waals surface area contributed by atoms with E-state index < -0.39 is 5.97 Å². The molecule has 3 rings (SSSR count). The van der Waals surface area contributed by atoms with E-state index in [0.29, 0.717) is 21.6 Å². The average Bonchev–Trinajstić information content (AvgIpc) is 3.26. The van der Waals surface area contributed by atoms with Gasteiger partial charge < -0.3 is 10.1 Å². The number of aryl methyl sites for hydroxylation is 1. The summed E-state index contributed by atoms with van der Waals surface area (Å²) in [6.07, 6.45) is 1.74. The first-order valence-corrected chi connectivity index (χ1v) is 10.1. The molecule has 8 heteroatoms. The summed E-state index contributed by atoms with van der Waals surface area (Å²) in [4.78, 5) is 25.2. The van der Waals surface area contributed by atoms with E-state index in [0.717, 1.165) is 11.1 Å². The molecule has 2 heterocycles. The normalized spacial score (nSPS) is 10.6. The molecule has 1 aromatic carbocycles. The van der Waals surface area contributed by atoms with Gasteiger partial charge in [-0.1, -0.05) is 30.3 Å². The molecule has 0 saturated carbocycles. The van der Waals surface area contributed by atoms with Crippen LogP contribution in [0.3, 0.4) is 0 Å². The van der Waals surface area contributed by atoms with Gasteiger partial charge in [0.25, 0.3) is 5.91 Å². The summed E-state index contributed by atoms with van der Waals surface area (Å²) in [7, 11) is 0. The first-order valence-electron chi connectivity index (χ1n) is 8.43. The Hall–Kier alpha value is -2.45. The van der Waals surface area contributed by atoms with Crippen LogP contribution in [0, 0.1) is 0 Å². The number of carbonyl (C=O) groups excluding carboxylic acids is 2. The second-order valence-corrected chi connectivity index (χ2v) is 7.31. The van der Waals surface area contributed by atoms with Crippen LogP contribution in [0.5, 0.6) is 0 Å². The molecule has 0 saturated heterocycles. The van der Waals surface area contributed by atoms with Crippen LogP contribution < -0.4 is 5.32 Å². The van der Waals surface area contributed by atoms with Crippen molar-refractivity contribution in [2.75, 3.05) is 11.9 Å². The van der Waals surface area contributed by atoms with Crippen LogP contribution >= 0.6 is 27.3 Å². The minimum Gasteiger partial charge on any atom is -0.462 e. The zero-order valence-corrected chi connectivity index (χ0v) is 17.3. The highest BCUT2D eigenvalue weighted by atomic mass is 79.9. The molecule has 2 aromatic heterocycles. The van der Waals surface area contributed by atoms with Crippen LogP contribution in [0.25, 0.3) is 11.1 Å². The summed E-state index contributed by atoms with van der Waals surface area (Å²) >= 11 is 4.64. The second-order valence-electron chi connectivity index (χ2n) is 5.58. The Kier molecular flexibility index (Phi) is 6.08. The van der Waals surface area contributed by atoms with E-state index in [-0.39, 0.29) is 18.2 Å². The van der Waals surface area contributed by atoms with Crippen LogP contribution in [0.1, 0.15) is 34.7 Å². The number of carbonyl (C=O) groups is 2. The number of esters is 1. The quantitative estimate of drug-likeness (QED) is 0.549. The van der Waals surface area contributed by atoms with Gasteiger partial charge in [-0.25, -0.2) is 4.79 Å². The SMILES string of the molecule is CCOC(=O)c1c(-c2ccccc2)csc1NC(=O)c1nn(CC)cc1Br. The molecule has 0 fully saturated rings. The van der Waals surface area contributed by atoms with Crippen molar-refractivity contribution >= 4 is 44.1 Å². The second kappa shape index (κ2) is 8.49. The third-order valence-corrected chi connectivity index (χ3v) is 5.31. The van der Waals surface area contributed by atoms with E-state index in [1.54, 1.807) is 17.8 Å². The van der Waals surface area contributed by atoms with Crippen molar-refractivity contribution in [2.24, 2.45) is 0 Å². The third-order valence-electron chi connectivity index (χ3n) is 3.84. The minimum atomic E-state index is -0.467. The molecule has 0 atom stereocenters. The number of hydrogen-bond donors (Lipinski definition) is 1. The molecule has 1 amide bonds. The summed E-state index contributed by atoms with van der Waals surface area (Å²) in [6, 6.07) is 9.53. The highest BCUT2D eigenvalue weighted by Gasteiger charge is 2.24. The Labute approximate surface area is 169 Å². The molecule has 140 valence electrons. The summed E-state index contributed by atoms with van der Waals surface area (Å²) in [5, 5.41) is 9.34. The molecule has 0 radical (unpaired) electrons. The van der Waals surface area contributed by atoms with Crippen molar-refractivity contribution in [3.05, 3.63) is 57.6 Å². The zero-order valence-electron chi connectivity index (χ0n) is 14.9. The zero-order chi connectivity index (χ0) is 19.4. The predicted molar refractivity (Wildman–Crippen MR) is 109 cm³/mol. The Balaban J connectivity index is 1.97. The number of benzene rings is 1. The van der Waals surface area contributed by atoms with Crippen LogP contribution in [-0.4, -0.2) is 28.3 Å². The van der Waals surface area contributed by atoms with Gasteiger partial charge in [0.05, 0.1) is 11.1 Å². The number of hydrogen-bond acceptors (Lipinski definition) is 5. The van der Waals surface area contributed by atoms with Gasteiger partial charge in [-0.3, -0.25) is 9.48 Å². The highest BCUT2D eigenvalue weighted by Crippen LogP contribution is 2.36. The molecule has 0 bridgehead atoms. The number of aromatic nitrogens is 2. The Morgan fingerprint density at radius 2 is 2.00 bits per heavy atom. The standard InChI is InChI=1S/C19H18BrN3O3S/c1-3-23-10-14(20)16(22-23)17(24)21-18-15(19(25)26-4-2)13(11-27-18)12-8-6-5-7-9-12/h5-11H,3-4H2,1-2H3,(H,21,24). The summed E-state index contributed by atoms with van der Waals surface area (Å²) in [6.45, 7) is 4.59. The number of nitrogens with zero attached hydrogens (tertiary/aromatic N) is 2. The lowest BCUT2D eigenvalue weighted by atomic mass is 10.0. The molecule has 1 N–H and O–H groups in total. The Morgan fingerprint density at radius 1 is 1.26 bits per heavy atom. The molecule has 0 aliphatic rings. The van der Waals surface area contributed by atoms with E-state index in [1.165, 1.54) is 11.3 Å². The van der Waals surface area contributed by atoms with Crippen molar-refractivity contribution in [3.8, 4) is 11.1 Å². The van der Waals surface area contributed by atoms with Gasteiger partial charge in [-0.2, -0.15) is 5.10 Å². The van der Waals surface area contributed by atoms with Crippen molar-refractivity contribution in [1.29, 1.82) is 0 Å². The molecule has 27 heavy (non-hydrogen) atoms. The maximum atomic E-state index is 12.7. The van der Waals surface area contributed by atoms with E-state index >= 15 is 0 Å². The van der Waals surface area contributed by atoms with Gasteiger partial charge >= 0.3 is 5.97 Å². The van der Waals surface area contributed by atoms with Crippen LogP contribution in [0.4, 0.5) is 5.00 Å². The molecular weight excluding hydrogens is 430 g/mol. The van der Waals surface area contributed by atoms with E-state index in [2.05, 4.69) is 26.3 Å². The van der Waals surface area contributed by atoms with Gasteiger partial charge in [0.15, 0.2) is 5.69 Å². The number of halogens is 1. The maximum absolute atomic E-state index is 12.7. The first-order chi connectivity index (χ1) is 13.0.